The van der Waals surface area contributed by atoms with Crippen molar-refractivity contribution >= 4 is 0 Å². The molecule has 0 radical (unpaired) electrons. The highest BCUT2D eigenvalue weighted by atomic mass is 14.6. The first-order chi connectivity index (χ1) is 11.6. The Morgan fingerprint density at radius 1 is 0.800 bits per heavy atom. The topological polar surface area (TPSA) is 0 Å². The Labute approximate surface area is 158 Å². The molecule has 144 valence electrons. The third-order valence-corrected chi connectivity index (χ3v) is 7.70. The third kappa shape index (κ3) is 4.36. The van der Waals surface area contributed by atoms with Crippen molar-refractivity contribution in [2.24, 2.45) is 52.3 Å². The summed E-state index contributed by atoms with van der Waals surface area (Å²) in [7, 11) is 0. The van der Waals surface area contributed by atoms with E-state index in [1.54, 1.807) is 12.8 Å². The summed E-state index contributed by atoms with van der Waals surface area (Å²) in [6.45, 7) is 18.7. The molecule has 0 aromatic carbocycles. The van der Waals surface area contributed by atoms with Gasteiger partial charge in [0.2, 0.25) is 0 Å². The normalized spacial score (nSPS) is 40.5. The van der Waals surface area contributed by atoms with Crippen molar-refractivity contribution in [2.75, 3.05) is 0 Å². The summed E-state index contributed by atoms with van der Waals surface area (Å²) in [5, 5.41) is 0. The minimum atomic E-state index is 0.492. The average molecular weight is 345 g/mol. The van der Waals surface area contributed by atoms with Crippen molar-refractivity contribution in [1.29, 1.82) is 0 Å². The first-order valence-electron chi connectivity index (χ1n) is 11.2. The molecule has 0 nitrogen and oxygen atoms in total. The zero-order chi connectivity index (χ0) is 18.4. The minimum Gasteiger partial charge on any atom is -0.103 e. The van der Waals surface area contributed by atoms with Crippen LogP contribution in [-0.4, -0.2) is 0 Å². The largest absolute Gasteiger partial charge is 0.103 e. The summed E-state index contributed by atoms with van der Waals surface area (Å²) >= 11 is 0. The van der Waals surface area contributed by atoms with Gasteiger partial charge in [0.1, 0.15) is 0 Å². The van der Waals surface area contributed by atoms with E-state index in [0.29, 0.717) is 10.8 Å². The number of hydrogen-bond donors (Lipinski definition) is 0. The molecule has 0 N–H and O–H groups in total. The molecule has 3 saturated carbocycles. The third-order valence-electron chi connectivity index (χ3n) is 7.70. The average Bonchev–Trinajstić information content (AvgIpc) is 3.08. The van der Waals surface area contributed by atoms with E-state index in [0.717, 1.165) is 41.4 Å². The standard InChI is InChI=1S/C25H44/c1-8-9-10-11-17-12-18-14-21(17)23-20(16-25(5,6)7)13-19(22(18)23)15-24(2,3)4/h8,17-23H,1,9-16H2,2-7H3. The van der Waals surface area contributed by atoms with E-state index >= 15 is 0 Å². The fourth-order valence-electron chi connectivity index (χ4n) is 7.52. The Balaban J connectivity index is 1.74. The van der Waals surface area contributed by atoms with Gasteiger partial charge in [-0.25, -0.2) is 0 Å². The predicted molar refractivity (Wildman–Crippen MR) is 110 cm³/mol. The maximum atomic E-state index is 3.92. The number of fused-ring (bicyclic) bond motifs is 5. The molecule has 0 aromatic rings. The second-order valence-electron chi connectivity index (χ2n) is 12.3. The van der Waals surface area contributed by atoms with Gasteiger partial charge in [-0.3, -0.25) is 0 Å². The molecule has 3 aliphatic rings. The molecule has 3 aliphatic carbocycles. The van der Waals surface area contributed by atoms with Gasteiger partial charge in [0.25, 0.3) is 0 Å². The highest BCUT2D eigenvalue weighted by molar-refractivity contribution is 5.09. The maximum absolute atomic E-state index is 3.92. The SMILES string of the molecule is C=CCCCC1CC2CC1C1C(CC(C)(C)C)CC(CC(C)(C)C)C21. The van der Waals surface area contributed by atoms with Crippen LogP contribution in [0.1, 0.15) is 92.9 Å². The van der Waals surface area contributed by atoms with Crippen LogP contribution >= 0.6 is 0 Å². The first kappa shape index (κ1) is 19.5. The monoisotopic (exact) mass is 344 g/mol. The van der Waals surface area contributed by atoms with Gasteiger partial charge in [-0.15, -0.1) is 6.58 Å². The van der Waals surface area contributed by atoms with Gasteiger partial charge in [0.15, 0.2) is 0 Å². The zero-order valence-electron chi connectivity index (χ0n) is 18.0. The Hall–Kier alpha value is -0.260. The second-order valence-corrected chi connectivity index (χ2v) is 12.3. The molecule has 0 amide bonds. The number of unbranched alkanes of at least 4 members (excludes halogenated alkanes) is 1. The highest BCUT2D eigenvalue weighted by Crippen LogP contribution is 2.67. The fraction of sp³-hybridized carbons (Fsp3) is 0.920. The smallest absolute Gasteiger partial charge is 0.0321 e. The Morgan fingerprint density at radius 2 is 1.40 bits per heavy atom. The molecule has 0 heterocycles. The van der Waals surface area contributed by atoms with Crippen LogP contribution in [0.2, 0.25) is 0 Å². The van der Waals surface area contributed by atoms with Crippen LogP contribution in [0.4, 0.5) is 0 Å². The first-order valence-corrected chi connectivity index (χ1v) is 11.2. The lowest BCUT2D eigenvalue weighted by atomic mass is 9.67. The molecule has 3 fully saturated rings. The summed E-state index contributed by atoms with van der Waals surface area (Å²) in [4.78, 5) is 0. The molecule has 0 saturated heterocycles. The van der Waals surface area contributed by atoms with Gasteiger partial charge >= 0.3 is 0 Å². The van der Waals surface area contributed by atoms with Gasteiger partial charge in [-0.1, -0.05) is 47.6 Å². The van der Waals surface area contributed by atoms with Crippen molar-refractivity contribution in [3.8, 4) is 0 Å². The van der Waals surface area contributed by atoms with Gasteiger partial charge < -0.3 is 0 Å². The number of hydrogen-bond acceptors (Lipinski definition) is 0. The summed E-state index contributed by atoms with van der Waals surface area (Å²) in [5.41, 5.74) is 0.989. The van der Waals surface area contributed by atoms with Crippen LogP contribution < -0.4 is 0 Å². The van der Waals surface area contributed by atoms with E-state index in [-0.39, 0.29) is 0 Å². The molecule has 2 bridgehead atoms. The molecule has 0 spiro atoms. The maximum Gasteiger partial charge on any atom is -0.0321 e. The summed E-state index contributed by atoms with van der Waals surface area (Å²) in [6.07, 6.45) is 13.8. The second kappa shape index (κ2) is 7.05. The Bertz CT molecular complexity index is 459. The van der Waals surface area contributed by atoms with Crippen molar-refractivity contribution in [3.63, 3.8) is 0 Å². The molecule has 0 aliphatic heterocycles. The van der Waals surface area contributed by atoms with Crippen molar-refractivity contribution < 1.29 is 0 Å². The van der Waals surface area contributed by atoms with Gasteiger partial charge in [0, 0.05) is 0 Å². The lowest BCUT2D eigenvalue weighted by Crippen LogP contribution is -2.32. The minimum absolute atomic E-state index is 0.492. The van der Waals surface area contributed by atoms with Crippen LogP contribution in [0.5, 0.6) is 0 Å². The van der Waals surface area contributed by atoms with Crippen LogP contribution in [0.3, 0.4) is 0 Å². The molecular weight excluding hydrogens is 300 g/mol. The van der Waals surface area contributed by atoms with Crippen molar-refractivity contribution in [1.82, 2.24) is 0 Å². The molecule has 7 unspecified atom stereocenters. The summed E-state index contributed by atoms with van der Waals surface area (Å²) < 4.78 is 0. The van der Waals surface area contributed by atoms with E-state index < -0.39 is 0 Å². The zero-order valence-corrected chi connectivity index (χ0v) is 18.0. The van der Waals surface area contributed by atoms with Crippen LogP contribution in [0, 0.1) is 52.3 Å². The molecule has 0 heteroatoms. The highest BCUT2D eigenvalue weighted by Gasteiger charge is 2.60. The van der Waals surface area contributed by atoms with Gasteiger partial charge in [-0.2, -0.15) is 0 Å². The summed E-state index contributed by atoms with van der Waals surface area (Å²) in [6, 6.07) is 0. The molecule has 3 rings (SSSR count). The van der Waals surface area contributed by atoms with Crippen molar-refractivity contribution in [3.05, 3.63) is 12.7 Å². The number of allylic oxidation sites excluding steroid dienone is 1. The van der Waals surface area contributed by atoms with E-state index in [1.807, 2.05) is 0 Å². The van der Waals surface area contributed by atoms with E-state index in [9.17, 15) is 0 Å². The predicted octanol–water partition coefficient (Wildman–Crippen LogP) is 7.74. The molecule has 7 atom stereocenters. The lowest BCUT2D eigenvalue weighted by molar-refractivity contribution is 0.105. The van der Waals surface area contributed by atoms with Gasteiger partial charge in [-0.05, 0) is 104 Å². The molecule has 25 heavy (non-hydrogen) atoms. The van der Waals surface area contributed by atoms with E-state index in [2.05, 4.69) is 54.2 Å². The van der Waals surface area contributed by atoms with Crippen LogP contribution in [0.25, 0.3) is 0 Å². The van der Waals surface area contributed by atoms with E-state index in [4.69, 9.17) is 0 Å². The van der Waals surface area contributed by atoms with Crippen molar-refractivity contribution in [2.45, 2.75) is 92.9 Å². The Morgan fingerprint density at radius 3 is 1.96 bits per heavy atom. The fourth-order valence-corrected chi connectivity index (χ4v) is 7.52. The Kier molecular flexibility index (Phi) is 5.50. The molecule has 0 aromatic heterocycles. The lowest BCUT2D eigenvalue weighted by Gasteiger charge is -2.38. The quantitative estimate of drug-likeness (QED) is 0.341. The summed E-state index contributed by atoms with van der Waals surface area (Å²) in [5.74, 6) is 7.35. The van der Waals surface area contributed by atoms with Crippen LogP contribution in [-0.2, 0) is 0 Å². The van der Waals surface area contributed by atoms with Crippen LogP contribution in [0.15, 0.2) is 12.7 Å². The molecular formula is C25H44. The number of rotatable bonds is 6. The van der Waals surface area contributed by atoms with Gasteiger partial charge in [0.05, 0.1) is 0 Å². The van der Waals surface area contributed by atoms with E-state index in [1.165, 1.54) is 38.5 Å².